The molecular weight excluding hydrogens is 256 g/mol. The molecule has 1 rings (SSSR count). The van der Waals surface area contributed by atoms with Crippen LogP contribution in [0.1, 0.15) is 12.5 Å². The fraction of sp³-hybridized carbons (Fsp3) is 0.533. The second-order valence-corrected chi connectivity index (χ2v) is 5.08. The van der Waals surface area contributed by atoms with Gasteiger partial charge in [0.2, 0.25) is 0 Å². The van der Waals surface area contributed by atoms with E-state index in [2.05, 4.69) is 10.2 Å². The van der Waals surface area contributed by atoms with Crippen molar-refractivity contribution in [2.24, 2.45) is 0 Å². The number of nitrogens with zero attached hydrogens (tertiary/aromatic N) is 1. The SMILES string of the molecule is COC(=O)C(C)(NCCN(C)C)c1ccc(OC)cc1. The molecule has 1 atom stereocenters. The van der Waals surface area contributed by atoms with Crippen molar-refractivity contribution in [1.29, 1.82) is 0 Å². The molecule has 20 heavy (non-hydrogen) atoms. The molecule has 0 aliphatic carbocycles. The summed E-state index contributed by atoms with van der Waals surface area (Å²) in [7, 11) is 7.00. The smallest absolute Gasteiger partial charge is 0.330 e. The molecule has 5 nitrogen and oxygen atoms in total. The Morgan fingerprint density at radius 1 is 1.25 bits per heavy atom. The number of esters is 1. The minimum Gasteiger partial charge on any atom is -0.497 e. The lowest BCUT2D eigenvalue weighted by Crippen LogP contribution is -2.49. The van der Waals surface area contributed by atoms with Gasteiger partial charge in [0.25, 0.3) is 0 Å². The van der Waals surface area contributed by atoms with Gasteiger partial charge in [0.15, 0.2) is 0 Å². The van der Waals surface area contributed by atoms with E-state index in [1.54, 1.807) is 7.11 Å². The maximum Gasteiger partial charge on any atom is 0.330 e. The Balaban J connectivity index is 2.94. The van der Waals surface area contributed by atoms with Gasteiger partial charge in [-0.2, -0.15) is 0 Å². The van der Waals surface area contributed by atoms with Crippen LogP contribution in [0.5, 0.6) is 5.75 Å². The summed E-state index contributed by atoms with van der Waals surface area (Å²) < 4.78 is 10.1. The minimum absolute atomic E-state index is 0.304. The van der Waals surface area contributed by atoms with Gasteiger partial charge in [-0.1, -0.05) is 12.1 Å². The van der Waals surface area contributed by atoms with E-state index in [0.717, 1.165) is 17.9 Å². The topological polar surface area (TPSA) is 50.8 Å². The average molecular weight is 280 g/mol. The fourth-order valence-corrected chi connectivity index (χ4v) is 1.95. The molecule has 0 saturated heterocycles. The number of nitrogens with one attached hydrogen (secondary N) is 1. The molecule has 1 aromatic rings. The molecule has 0 saturated carbocycles. The first kappa shape index (κ1) is 16.5. The molecule has 0 bridgehead atoms. The average Bonchev–Trinajstić information content (AvgIpc) is 2.45. The molecule has 0 fully saturated rings. The normalized spacial score (nSPS) is 13.9. The fourth-order valence-electron chi connectivity index (χ4n) is 1.95. The molecule has 1 N–H and O–H groups in total. The molecule has 112 valence electrons. The van der Waals surface area contributed by atoms with E-state index in [1.165, 1.54) is 7.11 Å². The number of methoxy groups -OCH3 is 2. The van der Waals surface area contributed by atoms with Gasteiger partial charge in [-0.05, 0) is 38.7 Å². The predicted molar refractivity (Wildman–Crippen MR) is 78.9 cm³/mol. The quantitative estimate of drug-likeness (QED) is 0.761. The number of hydrogen-bond acceptors (Lipinski definition) is 5. The third-order valence-electron chi connectivity index (χ3n) is 3.30. The van der Waals surface area contributed by atoms with Gasteiger partial charge >= 0.3 is 5.97 Å². The Labute approximate surface area is 120 Å². The number of carbonyl (C=O) groups is 1. The van der Waals surface area contributed by atoms with Gasteiger partial charge in [-0.25, -0.2) is 4.79 Å². The van der Waals surface area contributed by atoms with Crippen LogP contribution in [0, 0.1) is 0 Å². The van der Waals surface area contributed by atoms with Crippen LogP contribution >= 0.6 is 0 Å². The van der Waals surface area contributed by atoms with Crippen LogP contribution in [0.4, 0.5) is 0 Å². The van der Waals surface area contributed by atoms with Gasteiger partial charge < -0.3 is 14.4 Å². The lowest BCUT2D eigenvalue weighted by Gasteiger charge is -2.29. The Hall–Kier alpha value is -1.59. The Morgan fingerprint density at radius 2 is 1.85 bits per heavy atom. The maximum atomic E-state index is 12.1. The van der Waals surface area contributed by atoms with E-state index < -0.39 is 5.54 Å². The standard InChI is InChI=1S/C15H24N2O3/c1-15(14(18)20-5,16-10-11-17(2)3)12-6-8-13(19-4)9-7-12/h6-9,16H,10-11H2,1-5H3. The van der Waals surface area contributed by atoms with E-state index in [1.807, 2.05) is 45.3 Å². The van der Waals surface area contributed by atoms with Gasteiger partial charge in [0.05, 0.1) is 14.2 Å². The molecule has 0 radical (unpaired) electrons. The molecule has 0 amide bonds. The largest absolute Gasteiger partial charge is 0.497 e. The van der Waals surface area contributed by atoms with Crippen molar-refractivity contribution in [2.75, 3.05) is 41.4 Å². The summed E-state index contributed by atoms with van der Waals surface area (Å²) in [6.45, 7) is 3.35. The van der Waals surface area contributed by atoms with E-state index >= 15 is 0 Å². The second-order valence-electron chi connectivity index (χ2n) is 5.08. The number of benzene rings is 1. The number of carbonyl (C=O) groups excluding carboxylic acids is 1. The minimum atomic E-state index is -0.864. The summed E-state index contributed by atoms with van der Waals surface area (Å²) in [5, 5.41) is 3.27. The Morgan fingerprint density at radius 3 is 2.30 bits per heavy atom. The van der Waals surface area contributed by atoms with Gasteiger partial charge in [-0.3, -0.25) is 5.32 Å². The molecule has 0 aliphatic heterocycles. The molecular formula is C15H24N2O3. The van der Waals surface area contributed by atoms with Gasteiger partial charge in [0, 0.05) is 13.1 Å². The number of ether oxygens (including phenoxy) is 2. The summed E-state index contributed by atoms with van der Waals surface area (Å²) in [5.41, 5.74) is -0.0132. The van der Waals surface area contributed by atoms with Gasteiger partial charge in [0.1, 0.15) is 11.3 Å². The first-order valence-electron chi connectivity index (χ1n) is 6.56. The van der Waals surface area contributed by atoms with E-state index in [9.17, 15) is 4.79 Å². The lowest BCUT2D eigenvalue weighted by molar-refractivity contribution is -0.148. The monoisotopic (exact) mass is 280 g/mol. The number of rotatable bonds is 7. The predicted octanol–water partition coefficient (Wildman–Crippen LogP) is 1.23. The highest BCUT2D eigenvalue weighted by molar-refractivity contribution is 5.82. The van der Waals surface area contributed by atoms with E-state index in [4.69, 9.17) is 9.47 Å². The van der Waals surface area contributed by atoms with Crippen molar-refractivity contribution in [1.82, 2.24) is 10.2 Å². The first-order valence-corrected chi connectivity index (χ1v) is 6.56. The van der Waals surface area contributed by atoms with Crippen LogP contribution in [-0.2, 0) is 15.1 Å². The molecule has 1 unspecified atom stereocenters. The molecule has 0 heterocycles. The highest BCUT2D eigenvalue weighted by Crippen LogP contribution is 2.24. The van der Waals surface area contributed by atoms with Crippen molar-refractivity contribution < 1.29 is 14.3 Å². The van der Waals surface area contributed by atoms with E-state index in [0.29, 0.717) is 6.54 Å². The zero-order valence-electron chi connectivity index (χ0n) is 12.9. The molecule has 5 heteroatoms. The van der Waals surface area contributed by atoms with Crippen LogP contribution in [0.15, 0.2) is 24.3 Å². The third-order valence-corrected chi connectivity index (χ3v) is 3.30. The highest BCUT2D eigenvalue weighted by atomic mass is 16.5. The first-order chi connectivity index (χ1) is 9.43. The van der Waals surface area contributed by atoms with Crippen molar-refractivity contribution in [3.05, 3.63) is 29.8 Å². The third kappa shape index (κ3) is 3.95. The number of hydrogen-bond donors (Lipinski definition) is 1. The van der Waals surface area contributed by atoms with Crippen molar-refractivity contribution in [2.45, 2.75) is 12.5 Å². The van der Waals surface area contributed by atoms with Gasteiger partial charge in [-0.15, -0.1) is 0 Å². The summed E-state index contributed by atoms with van der Waals surface area (Å²) >= 11 is 0. The highest BCUT2D eigenvalue weighted by Gasteiger charge is 2.35. The Kier molecular flexibility index (Phi) is 5.98. The molecule has 0 aliphatic rings. The summed E-state index contributed by atoms with van der Waals surface area (Å²) in [6.07, 6.45) is 0. The molecule has 0 aromatic heterocycles. The van der Waals surface area contributed by atoms with Crippen molar-refractivity contribution in [3.63, 3.8) is 0 Å². The summed E-state index contributed by atoms with van der Waals surface area (Å²) in [5.74, 6) is 0.454. The van der Waals surface area contributed by atoms with Crippen LogP contribution in [0.25, 0.3) is 0 Å². The van der Waals surface area contributed by atoms with Crippen LogP contribution < -0.4 is 10.1 Å². The molecule has 0 spiro atoms. The molecule has 1 aromatic carbocycles. The lowest BCUT2D eigenvalue weighted by atomic mass is 9.92. The van der Waals surface area contributed by atoms with Crippen molar-refractivity contribution >= 4 is 5.97 Å². The zero-order chi connectivity index (χ0) is 15.2. The Bertz CT molecular complexity index is 431. The van der Waals surface area contributed by atoms with E-state index in [-0.39, 0.29) is 5.97 Å². The van der Waals surface area contributed by atoms with Crippen LogP contribution in [0.3, 0.4) is 0 Å². The zero-order valence-corrected chi connectivity index (χ0v) is 12.9. The van der Waals surface area contributed by atoms with Crippen LogP contribution in [-0.4, -0.2) is 52.3 Å². The number of likely N-dealkylation sites (N-methyl/N-ethyl adjacent to an activating group) is 1. The van der Waals surface area contributed by atoms with Crippen molar-refractivity contribution in [3.8, 4) is 5.75 Å². The summed E-state index contributed by atoms with van der Waals surface area (Å²) in [6, 6.07) is 7.42. The van der Waals surface area contributed by atoms with Crippen LogP contribution in [0.2, 0.25) is 0 Å². The second kappa shape index (κ2) is 7.26. The summed E-state index contributed by atoms with van der Waals surface area (Å²) in [4.78, 5) is 14.2. The maximum absolute atomic E-state index is 12.1.